The second kappa shape index (κ2) is 6.67. The van der Waals surface area contributed by atoms with Crippen molar-refractivity contribution in [3.8, 4) is 0 Å². The van der Waals surface area contributed by atoms with Gasteiger partial charge in [-0.3, -0.25) is 9.48 Å². The van der Waals surface area contributed by atoms with E-state index in [2.05, 4.69) is 16.9 Å². The molecule has 0 unspecified atom stereocenters. The first kappa shape index (κ1) is 15.3. The molecule has 0 N–H and O–H groups in total. The molecule has 5 nitrogen and oxygen atoms in total. The van der Waals surface area contributed by atoms with E-state index in [1.165, 1.54) is 0 Å². The number of likely N-dealkylation sites (N-methyl/N-ethyl adjacent to an activating group) is 1. The molecule has 0 radical (unpaired) electrons. The molecule has 118 valence electrons. The van der Waals surface area contributed by atoms with Crippen LogP contribution in [0.4, 0.5) is 0 Å². The van der Waals surface area contributed by atoms with Crippen molar-refractivity contribution >= 4 is 28.4 Å². The van der Waals surface area contributed by atoms with E-state index in [9.17, 15) is 4.79 Å². The maximum atomic E-state index is 12.3. The van der Waals surface area contributed by atoms with Crippen LogP contribution in [0.25, 0.3) is 10.9 Å². The van der Waals surface area contributed by atoms with E-state index in [4.69, 9.17) is 11.6 Å². The third-order valence-corrected chi connectivity index (χ3v) is 4.60. The molecule has 0 spiro atoms. The highest BCUT2D eigenvalue weighted by Gasteiger charge is 2.20. The van der Waals surface area contributed by atoms with E-state index < -0.39 is 0 Å². The average molecular weight is 321 g/mol. The van der Waals surface area contributed by atoms with E-state index in [0.717, 1.165) is 43.6 Å². The number of hydrogen-bond acceptors (Lipinski definition) is 3. The van der Waals surface area contributed by atoms with Crippen LogP contribution in [0.2, 0.25) is 5.15 Å². The predicted molar refractivity (Wildman–Crippen MR) is 88.1 cm³/mol. The molecule has 1 aliphatic heterocycles. The summed E-state index contributed by atoms with van der Waals surface area (Å²) in [6, 6.07) is 7.84. The number of aryl methyl sites for hydroxylation is 1. The van der Waals surface area contributed by atoms with Gasteiger partial charge < -0.3 is 9.80 Å². The number of carbonyl (C=O) groups excluding carboxylic acids is 1. The molecule has 0 aliphatic carbocycles. The highest BCUT2D eigenvalue weighted by Crippen LogP contribution is 2.22. The summed E-state index contributed by atoms with van der Waals surface area (Å²) in [5.74, 6) is 0.200. The Balaban J connectivity index is 1.61. The van der Waals surface area contributed by atoms with Crippen LogP contribution in [-0.2, 0) is 11.3 Å². The zero-order chi connectivity index (χ0) is 15.5. The number of aromatic nitrogens is 2. The van der Waals surface area contributed by atoms with Crippen LogP contribution in [0.15, 0.2) is 24.3 Å². The fraction of sp³-hybridized carbons (Fsp3) is 0.500. The molecular formula is C16H21ClN4O. The highest BCUT2D eigenvalue weighted by molar-refractivity contribution is 6.34. The van der Waals surface area contributed by atoms with Crippen molar-refractivity contribution in [2.45, 2.75) is 19.9 Å². The van der Waals surface area contributed by atoms with Gasteiger partial charge in [0.2, 0.25) is 5.91 Å². The molecule has 1 saturated heterocycles. The van der Waals surface area contributed by atoms with Crippen LogP contribution >= 0.6 is 11.6 Å². The molecule has 1 aromatic heterocycles. The van der Waals surface area contributed by atoms with Crippen LogP contribution in [0.5, 0.6) is 0 Å². The van der Waals surface area contributed by atoms with Gasteiger partial charge in [0.25, 0.3) is 0 Å². The molecule has 0 atom stereocenters. The smallest absolute Gasteiger partial charge is 0.224 e. The van der Waals surface area contributed by atoms with Crippen molar-refractivity contribution in [3.05, 3.63) is 29.4 Å². The molecule has 0 bridgehead atoms. The first-order valence-electron chi connectivity index (χ1n) is 7.80. The van der Waals surface area contributed by atoms with Gasteiger partial charge in [-0.15, -0.1) is 0 Å². The lowest BCUT2D eigenvalue weighted by atomic mass is 10.2. The highest BCUT2D eigenvalue weighted by atomic mass is 35.5. The largest absolute Gasteiger partial charge is 0.340 e. The molecule has 3 rings (SSSR count). The van der Waals surface area contributed by atoms with Crippen molar-refractivity contribution in [2.24, 2.45) is 0 Å². The minimum Gasteiger partial charge on any atom is -0.340 e. The van der Waals surface area contributed by atoms with Gasteiger partial charge in [-0.2, -0.15) is 5.10 Å². The third kappa shape index (κ3) is 3.10. The third-order valence-electron chi connectivity index (χ3n) is 4.32. The molecular weight excluding hydrogens is 300 g/mol. The fourth-order valence-corrected chi connectivity index (χ4v) is 3.18. The number of halogens is 1. The molecule has 2 aromatic rings. The summed E-state index contributed by atoms with van der Waals surface area (Å²) in [6.07, 6.45) is 0.466. The summed E-state index contributed by atoms with van der Waals surface area (Å²) in [6.45, 7) is 7.38. The van der Waals surface area contributed by atoms with E-state index in [-0.39, 0.29) is 5.91 Å². The first-order chi connectivity index (χ1) is 10.7. The van der Waals surface area contributed by atoms with Crippen LogP contribution in [-0.4, -0.2) is 58.2 Å². The average Bonchev–Trinajstić information content (AvgIpc) is 2.89. The lowest BCUT2D eigenvalue weighted by Crippen LogP contribution is -2.48. The number of hydrogen-bond donors (Lipinski definition) is 0. The Hall–Kier alpha value is -1.59. The lowest BCUT2D eigenvalue weighted by Gasteiger charge is -2.34. The Morgan fingerprint density at radius 2 is 1.95 bits per heavy atom. The van der Waals surface area contributed by atoms with Crippen LogP contribution in [0.3, 0.4) is 0 Å². The number of para-hydroxylation sites is 1. The number of carbonyl (C=O) groups is 1. The Labute approximate surface area is 135 Å². The Kier molecular flexibility index (Phi) is 4.64. The molecule has 2 heterocycles. The van der Waals surface area contributed by atoms with Crippen molar-refractivity contribution < 1.29 is 4.79 Å². The summed E-state index contributed by atoms with van der Waals surface area (Å²) in [5.41, 5.74) is 0.983. The Morgan fingerprint density at radius 3 is 2.68 bits per heavy atom. The number of benzene rings is 1. The monoisotopic (exact) mass is 320 g/mol. The van der Waals surface area contributed by atoms with E-state index in [1.54, 1.807) is 0 Å². The van der Waals surface area contributed by atoms with Crippen molar-refractivity contribution in [1.29, 1.82) is 0 Å². The minimum atomic E-state index is 0.200. The van der Waals surface area contributed by atoms with Gasteiger partial charge in [0.05, 0.1) is 12.1 Å². The standard InChI is InChI=1S/C16H21ClN4O/c1-2-19-9-11-20(12-10-19)15(22)7-8-21-14-6-4-3-5-13(14)16(17)18-21/h3-6H,2,7-12H2,1H3. The van der Waals surface area contributed by atoms with E-state index >= 15 is 0 Å². The Bertz CT molecular complexity index is 661. The van der Waals surface area contributed by atoms with Gasteiger partial charge in [-0.25, -0.2) is 0 Å². The van der Waals surface area contributed by atoms with E-state index in [1.807, 2.05) is 33.8 Å². The SMILES string of the molecule is CCN1CCN(C(=O)CCn2nc(Cl)c3ccccc32)CC1. The maximum Gasteiger partial charge on any atom is 0.224 e. The van der Waals surface area contributed by atoms with Crippen LogP contribution in [0.1, 0.15) is 13.3 Å². The lowest BCUT2D eigenvalue weighted by molar-refractivity contribution is -0.133. The summed E-state index contributed by atoms with van der Waals surface area (Å²) in [5, 5.41) is 5.77. The molecule has 1 fully saturated rings. The molecule has 1 aromatic carbocycles. The minimum absolute atomic E-state index is 0.200. The van der Waals surface area contributed by atoms with Gasteiger partial charge in [0.1, 0.15) is 0 Å². The number of nitrogens with zero attached hydrogens (tertiary/aromatic N) is 4. The topological polar surface area (TPSA) is 41.4 Å². The molecule has 0 saturated carbocycles. The van der Waals surface area contributed by atoms with Gasteiger partial charge in [-0.1, -0.05) is 30.7 Å². The van der Waals surface area contributed by atoms with Crippen molar-refractivity contribution in [2.75, 3.05) is 32.7 Å². The molecule has 1 aliphatic rings. The van der Waals surface area contributed by atoms with Gasteiger partial charge in [0, 0.05) is 38.0 Å². The number of rotatable bonds is 4. The van der Waals surface area contributed by atoms with Crippen molar-refractivity contribution in [1.82, 2.24) is 19.6 Å². The number of amides is 1. The van der Waals surface area contributed by atoms with Gasteiger partial charge in [-0.05, 0) is 18.7 Å². The molecule has 22 heavy (non-hydrogen) atoms. The van der Waals surface area contributed by atoms with Crippen molar-refractivity contribution in [3.63, 3.8) is 0 Å². The zero-order valence-electron chi connectivity index (χ0n) is 12.8. The van der Waals surface area contributed by atoms with Gasteiger partial charge >= 0.3 is 0 Å². The summed E-state index contributed by atoms with van der Waals surface area (Å²) >= 11 is 6.14. The Morgan fingerprint density at radius 1 is 1.23 bits per heavy atom. The zero-order valence-corrected chi connectivity index (χ0v) is 13.6. The summed E-state index contributed by atoms with van der Waals surface area (Å²) in [4.78, 5) is 16.7. The molecule has 1 amide bonds. The number of fused-ring (bicyclic) bond motifs is 1. The second-order valence-corrected chi connectivity index (χ2v) is 5.95. The molecule has 6 heteroatoms. The second-order valence-electron chi connectivity index (χ2n) is 5.60. The predicted octanol–water partition coefficient (Wildman–Crippen LogP) is 2.24. The summed E-state index contributed by atoms with van der Waals surface area (Å²) in [7, 11) is 0. The van der Waals surface area contributed by atoms with E-state index in [0.29, 0.717) is 18.1 Å². The van der Waals surface area contributed by atoms with Crippen LogP contribution < -0.4 is 0 Å². The first-order valence-corrected chi connectivity index (χ1v) is 8.18. The maximum absolute atomic E-state index is 12.3. The quantitative estimate of drug-likeness (QED) is 0.867. The number of piperazine rings is 1. The fourth-order valence-electron chi connectivity index (χ4n) is 2.93. The normalized spacial score (nSPS) is 16.4. The summed E-state index contributed by atoms with van der Waals surface area (Å²) < 4.78 is 1.83. The van der Waals surface area contributed by atoms with Gasteiger partial charge in [0.15, 0.2) is 5.15 Å². The van der Waals surface area contributed by atoms with Crippen LogP contribution in [0, 0.1) is 0 Å².